The lowest BCUT2D eigenvalue weighted by atomic mass is 10.0. The van der Waals surface area contributed by atoms with Crippen molar-refractivity contribution in [2.24, 2.45) is 0 Å². The lowest BCUT2D eigenvalue weighted by Crippen LogP contribution is -2.15. The molecule has 1 N–H and O–H groups in total. The molecule has 0 radical (unpaired) electrons. The molecule has 0 saturated heterocycles. The summed E-state index contributed by atoms with van der Waals surface area (Å²) in [6.45, 7) is 4.31. The van der Waals surface area contributed by atoms with Crippen LogP contribution in [0.3, 0.4) is 0 Å². The second kappa shape index (κ2) is 8.09. The van der Waals surface area contributed by atoms with E-state index in [-0.39, 0.29) is 5.91 Å². The van der Waals surface area contributed by atoms with Crippen LogP contribution in [0.4, 0.5) is 5.69 Å². The lowest BCUT2D eigenvalue weighted by Gasteiger charge is -2.08. The molecule has 4 aromatic rings. The van der Waals surface area contributed by atoms with Crippen molar-refractivity contribution in [1.82, 2.24) is 9.38 Å². The molecule has 5 nitrogen and oxygen atoms in total. The number of amides is 1. The van der Waals surface area contributed by atoms with Crippen LogP contribution in [0.5, 0.6) is 5.75 Å². The fraction of sp³-hybridized carbons (Fsp3) is 0.217. The number of nitrogens with zero attached hydrogens (tertiary/aromatic N) is 2. The van der Waals surface area contributed by atoms with E-state index in [0.29, 0.717) is 12.3 Å². The van der Waals surface area contributed by atoms with Gasteiger partial charge in [-0.25, -0.2) is 4.98 Å². The van der Waals surface area contributed by atoms with Crippen LogP contribution < -0.4 is 10.1 Å². The van der Waals surface area contributed by atoms with Gasteiger partial charge in [0.15, 0.2) is 4.96 Å². The van der Waals surface area contributed by atoms with E-state index in [1.54, 1.807) is 7.11 Å². The van der Waals surface area contributed by atoms with Crippen LogP contribution in [0.1, 0.15) is 31.0 Å². The number of thiazole rings is 1. The number of hydrogen-bond acceptors (Lipinski definition) is 4. The maximum Gasteiger partial charge on any atom is 0.230 e. The number of carbonyl (C=O) groups is 1. The quantitative estimate of drug-likeness (QED) is 0.469. The molecule has 0 unspecified atom stereocenters. The summed E-state index contributed by atoms with van der Waals surface area (Å²) in [5.41, 5.74) is 4.89. The number of rotatable bonds is 6. The third kappa shape index (κ3) is 4.17. The van der Waals surface area contributed by atoms with E-state index in [2.05, 4.69) is 36.3 Å². The number of benzene rings is 2. The van der Waals surface area contributed by atoms with E-state index in [1.807, 2.05) is 52.4 Å². The number of methoxy groups -OCH3 is 1. The van der Waals surface area contributed by atoms with E-state index >= 15 is 0 Å². The van der Waals surface area contributed by atoms with E-state index in [9.17, 15) is 4.79 Å². The average molecular weight is 406 g/mol. The van der Waals surface area contributed by atoms with Gasteiger partial charge in [0.25, 0.3) is 0 Å². The first kappa shape index (κ1) is 19.2. The standard InChI is InChI=1S/C23H23N3O2S/c1-15(2)16-4-8-18(9-5-16)24-22(27)12-19-14-29-23-25-21(13-26(19)23)17-6-10-20(28-3)11-7-17/h4-11,13-15H,12H2,1-3H3,(H,24,27). The summed E-state index contributed by atoms with van der Waals surface area (Å²) in [6.07, 6.45) is 2.28. The number of anilines is 1. The van der Waals surface area contributed by atoms with Crippen molar-refractivity contribution in [2.75, 3.05) is 12.4 Å². The van der Waals surface area contributed by atoms with Gasteiger partial charge >= 0.3 is 0 Å². The van der Waals surface area contributed by atoms with Gasteiger partial charge in [-0.1, -0.05) is 26.0 Å². The monoisotopic (exact) mass is 405 g/mol. The lowest BCUT2D eigenvalue weighted by molar-refractivity contribution is -0.115. The predicted octanol–water partition coefficient (Wildman–Crippen LogP) is 5.38. The van der Waals surface area contributed by atoms with Crippen LogP contribution in [0.2, 0.25) is 0 Å². The SMILES string of the molecule is COc1ccc(-c2cn3c(CC(=O)Nc4ccc(C(C)C)cc4)csc3n2)cc1. The van der Waals surface area contributed by atoms with Crippen LogP contribution in [0, 0.1) is 0 Å². The molecule has 2 aromatic carbocycles. The molecule has 0 saturated carbocycles. The second-order valence-electron chi connectivity index (χ2n) is 7.24. The highest BCUT2D eigenvalue weighted by Gasteiger charge is 2.13. The third-order valence-corrected chi connectivity index (χ3v) is 5.76. The number of fused-ring (bicyclic) bond motifs is 1. The van der Waals surface area contributed by atoms with Crippen LogP contribution in [0.25, 0.3) is 16.2 Å². The first-order valence-corrected chi connectivity index (χ1v) is 10.4. The minimum atomic E-state index is -0.0401. The molecule has 1 amide bonds. The average Bonchev–Trinajstić information content (AvgIpc) is 3.30. The van der Waals surface area contributed by atoms with Crippen molar-refractivity contribution in [1.29, 1.82) is 0 Å². The van der Waals surface area contributed by atoms with Gasteiger partial charge in [-0.3, -0.25) is 9.20 Å². The smallest absolute Gasteiger partial charge is 0.230 e. The van der Waals surface area contributed by atoms with E-state index in [1.165, 1.54) is 16.9 Å². The zero-order valence-electron chi connectivity index (χ0n) is 16.7. The Morgan fingerprint density at radius 1 is 1.14 bits per heavy atom. The number of imidazole rings is 1. The highest BCUT2D eigenvalue weighted by atomic mass is 32.1. The molecule has 0 aliphatic heterocycles. The topological polar surface area (TPSA) is 55.6 Å². The Bertz CT molecular complexity index is 1130. The first-order chi connectivity index (χ1) is 14.0. The molecule has 148 valence electrons. The Kier molecular flexibility index (Phi) is 5.36. The van der Waals surface area contributed by atoms with Crippen LogP contribution in [-0.4, -0.2) is 22.4 Å². The fourth-order valence-electron chi connectivity index (χ4n) is 3.18. The Morgan fingerprint density at radius 3 is 2.52 bits per heavy atom. The summed E-state index contributed by atoms with van der Waals surface area (Å²) in [6, 6.07) is 15.8. The fourth-order valence-corrected chi connectivity index (χ4v) is 4.05. The molecule has 0 aliphatic rings. The molecule has 0 fully saturated rings. The summed E-state index contributed by atoms with van der Waals surface area (Å²) in [5, 5.41) is 4.97. The normalized spacial score (nSPS) is 11.2. The largest absolute Gasteiger partial charge is 0.497 e. The van der Waals surface area contributed by atoms with Crippen molar-refractivity contribution >= 4 is 27.9 Å². The van der Waals surface area contributed by atoms with Gasteiger partial charge in [0.1, 0.15) is 5.75 Å². The molecule has 2 aromatic heterocycles. The van der Waals surface area contributed by atoms with Gasteiger partial charge in [-0.2, -0.15) is 0 Å². The number of carbonyl (C=O) groups excluding carboxylic acids is 1. The predicted molar refractivity (Wildman–Crippen MR) is 118 cm³/mol. The maximum atomic E-state index is 12.5. The van der Waals surface area contributed by atoms with Crippen molar-refractivity contribution in [2.45, 2.75) is 26.2 Å². The Hall–Kier alpha value is -3.12. The Labute approximate surface area is 174 Å². The summed E-state index contributed by atoms with van der Waals surface area (Å²) in [7, 11) is 1.65. The third-order valence-electron chi connectivity index (χ3n) is 4.87. The van der Waals surface area contributed by atoms with E-state index in [0.717, 1.165) is 33.3 Å². The summed E-state index contributed by atoms with van der Waals surface area (Å²) in [5.74, 6) is 1.25. The highest BCUT2D eigenvalue weighted by Crippen LogP contribution is 2.26. The summed E-state index contributed by atoms with van der Waals surface area (Å²) < 4.78 is 7.20. The zero-order valence-corrected chi connectivity index (χ0v) is 17.5. The van der Waals surface area contributed by atoms with Crippen LogP contribution in [0.15, 0.2) is 60.1 Å². The molecular formula is C23H23N3O2S. The first-order valence-electron chi connectivity index (χ1n) is 9.53. The molecule has 4 rings (SSSR count). The molecule has 0 aliphatic carbocycles. The molecular weight excluding hydrogens is 382 g/mol. The molecule has 6 heteroatoms. The van der Waals surface area contributed by atoms with E-state index < -0.39 is 0 Å². The zero-order chi connectivity index (χ0) is 20.4. The number of hydrogen-bond donors (Lipinski definition) is 1. The maximum absolute atomic E-state index is 12.5. The van der Waals surface area contributed by atoms with Crippen molar-refractivity contribution in [3.8, 4) is 17.0 Å². The molecule has 2 heterocycles. The Balaban J connectivity index is 1.49. The van der Waals surface area contributed by atoms with Gasteiger partial charge in [0.2, 0.25) is 5.91 Å². The van der Waals surface area contributed by atoms with Crippen molar-refractivity contribution in [3.05, 3.63) is 71.4 Å². The number of ether oxygens (including phenoxy) is 1. The molecule has 0 bridgehead atoms. The van der Waals surface area contributed by atoms with Gasteiger partial charge < -0.3 is 10.1 Å². The van der Waals surface area contributed by atoms with Crippen molar-refractivity contribution in [3.63, 3.8) is 0 Å². The Morgan fingerprint density at radius 2 is 1.86 bits per heavy atom. The minimum Gasteiger partial charge on any atom is -0.497 e. The van der Waals surface area contributed by atoms with Crippen molar-refractivity contribution < 1.29 is 9.53 Å². The van der Waals surface area contributed by atoms with Gasteiger partial charge in [0.05, 0.1) is 19.2 Å². The number of aromatic nitrogens is 2. The summed E-state index contributed by atoms with van der Waals surface area (Å²) in [4.78, 5) is 18.1. The second-order valence-corrected chi connectivity index (χ2v) is 8.07. The minimum absolute atomic E-state index is 0.0401. The molecule has 29 heavy (non-hydrogen) atoms. The van der Waals surface area contributed by atoms with E-state index in [4.69, 9.17) is 4.74 Å². The molecule has 0 atom stereocenters. The number of nitrogens with one attached hydrogen (secondary N) is 1. The van der Waals surface area contributed by atoms with Gasteiger partial charge in [0, 0.05) is 28.5 Å². The highest BCUT2D eigenvalue weighted by molar-refractivity contribution is 7.15. The van der Waals surface area contributed by atoms with Gasteiger partial charge in [-0.15, -0.1) is 11.3 Å². The van der Waals surface area contributed by atoms with Crippen LogP contribution >= 0.6 is 11.3 Å². The van der Waals surface area contributed by atoms with Gasteiger partial charge in [-0.05, 0) is 47.9 Å². The summed E-state index contributed by atoms with van der Waals surface area (Å²) >= 11 is 1.54. The van der Waals surface area contributed by atoms with Crippen LogP contribution in [-0.2, 0) is 11.2 Å². The molecule has 0 spiro atoms.